The predicted molar refractivity (Wildman–Crippen MR) is 98.1 cm³/mol. The average molecular weight is 344 g/mol. The summed E-state index contributed by atoms with van der Waals surface area (Å²) in [6.45, 7) is 0.637. The number of hydrogen-bond acceptors (Lipinski definition) is 3. The molecule has 25 heavy (non-hydrogen) atoms. The molecule has 6 N–H and O–H groups in total. The smallest absolute Gasteiger partial charge is 0.304 e. The van der Waals surface area contributed by atoms with Gasteiger partial charge in [-0.15, -0.1) is 0 Å². The monoisotopic (exact) mass is 344 g/mol. The van der Waals surface area contributed by atoms with Gasteiger partial charge in [-0.2, -0.15) is 0 Å². The van der Waals surface area contributed by atoms with Gasteiger partial charge in [-0.1, -0.05) is 24.3 Å². The molecule has 7 heteroatoms. The molecule has 1 unspecified atom stereocenters. The van der Waals surface area contributed by atoms with E-state index in [1.165, 1.54) is 0 Å². The Kier molecular flexibility index (Phi) is 6.56. The first-order valence-corrected chi connectivity index (χ1v) is 8.33. The molecule has 0 aliphatic carbocycles. The molecular weight excluding hydrogens is 320 g/mol. The Labute approximate surface area is 146 Å². The van der Waals surface area contributed by atoms with Crippen LogP contribution in [0.15, 0.2) is 29.3 Å². The molecule has 1 aromatic rings. The number of amides is 1. The van der Waals surface area contributed by atoms with Crippen molar-refractivity contribution in [3.63, 3.8) is 0 Å². The number of anilines is 1. The molecule has 0 bridgehead atoms. The maximum atomic E-state index is 12.0. The van der Waals surface area contributed by atoms with E-state index in [-0.39, 0.29) is 18.3 Å². The molecule has 2 rings (SSSR count). The van der Waals surface area contributed by atoms with Gasteiger partial charge in [0, 0.05) is 12.2 Å². The number of unbranched alkanes of at least 4 members (excludes halogenated alkanes) is 2. The number of hydrogen-bond donors (Lipinski definition) is 4. The minimum absolute atomic E-state index is 0.122. The standard InChI is InChI=1S/C18H24N4O3/c19-18(20)21-8-4-2-1-3-5-12-6-7-13-10-14(11-16(23)24)17(25)22-15(13)9-12/h3,5-7,9,14H,1-2,4,8,10-11H2,(H,22,25)(H,23,24)(H4,19,20,21). The number of fused-ring (bicyclic) bond motifs is 1. The third-order valence-corrected chi connectivity index (χ3v) is 4.03. The quantitative estimate of drug-likeness (QED) is 0.324. The topological polar surface area (TPSA) is 131 Å². The predicted octanol–water partition coefficient (Wildman–Crippen LogP) is 1.73. The molecule has 1 aliphatic rings. The summed E-state index contributed by atoms with van der Waals surface area (Å²) >= 11 is 0. The zero-order valence-corrected chi connectivity index (χ0v) is 14.1. The Morgan fingerprint density at radius 2 is 2.16 bits per heavy atom. The van der Waals surface area contributed by atoms with E-state index in [4.69, 9.17) is 16.6 Å². The number of aliphatic imine (C=N–C) groups is 1. The first-order valence-electron chi connectivity index (χ1n) is 8.33. The van der Waals surface area contributed by atoms with Crippen LogP contribution in [-0.4, -0.2) is 29.5 Å². The number of carboxylic acids is 1. The Bertz CT molecular complexity index is 694. The minimum Gasteiger partial charge on any atom is -0.481 e. The summed E-state index contributed by atoms with van der Waals surface area (Å²) in [4.78, 5) is 26.7. The summed E-state index contributed by atoms with van der Waals surface area (Å²) in [5.41, 5.74) is 13.3. The molecule has 1 aliphatic heterocycles. The van der Waals surface area contributed by atoms with Gasteiger partial charge >= 0.3 is 5.97 Å². The fourth-order valence-electron chi connectivity index (χ4n) is 2.76. The van der Waals surface area contributed by atoms with Crippen LogP contribution in [0.2, 0.25) is 0 Å². The molecule has 0 saturated heterocycles. The van der Waals surface area contributed by atoms with Gasteiger partial charge in [0.05, 0.1) is 12.3 Å². The second-order valence-corrected chi connectivity index (χ2v) is 6.11. The van der Waals surface area contributed by atoms with Crippen LogP contribution in [0.1, 0.15) is 36.8 Å². The maximum Gasteiger partial charge on any atom is 0.304 e. The average Bonchev–Trinajstić information content (AvgIpc) is 2.54. The van der Waals surface area contributed by atoms with E-state index < -0.39 is 11.9 Å². The van der Waals surface area contributed by atoms with Crippen LogP contribution in [0.4, 0.5) is 5.69 Å². The highest BCUT2D eigenvalue weighted by Gasteiger charge is 2.27. The van der Waals surface area contributed by atoms with Crippen molar-refractivity contribution in [2.45, 2.75) is 32.1 Å². The number of benzene rings is 1. The van der Waals surface area contributed by atoms with E-state index >= 15 is 0 Å². The third kappa shape index (κ3) is 5.95. The second kappa shape index (κ2) is 8.86. The van der Waals surface area contributed by atoms with Gasteiger partial charge in [0.1, 0.15) is 0 Å². The van der Waals surface area contributed by atoms with E-state index in [1.807, 2.05) is 24.3 Å². The largest absolute Gasteiger partial charge is 0.481 e. The number of nitrogens with zero attached hydrogens (tertiary/aromatic N) is 1. The van der Waals surface area contributed by atoms with Crippen molar-refractivity contribution in [3.8, 4) is 0 Å². The Hall–Kier alpha value is -2.83. The molecule has 134 valence electrons. The lowest BCUT2D eigenvalue weighted by atomic mass is 9.90. The van der Waals surface area contributed by atoms with Crippen LogP contribution in [0, 0.1) is 5.92 Å². The lowest BCUT2D eigenvalue weighted by Gasteiger charge is -2.23. The summed E-state index contributed by atoms with van der Waals surface area (Å²) in [5, 5.41) is 11.7. The fourth-order valence-corrected chi connectivity index (χ4v) is 2.76. The number of carboxylic acid groups (broad SMARTS) is 1. The van der Waals surface area contributed by atoms with Crippen molar-refractivity contribution < 1.29 is 14.7 Å². The van der Waals surface area contributed by atoms with Crippen LogP contribution in [0.5, 0.6) is 0 Å². The van der Waals surface area contributed by atoms with Crippen LogP contribution >= 0.6 is 0 Å². The van der Waals surface area contributed by atoms with Crippen molar-refractivity contribution in [2.75, 3.05) is 11.9 Å². The first kappa shape index (κ1) is 18.5. The second-order valence-electron chi connectivity index (χ2n) is 6.11. The van der Waals surface area contributed by atoms with E-state index in [9.17, 15) is 9.59 Å². The van der Waals surface area contributed by atoms with Crippen molar-refractivity contribution in [3.05, 3.63) is 35.4 Å². The number of guanidine groups is 1. The lowest BCUT2D eigenvalue weighted by Crippen LogP contribution is -2.31. The highest BCUT2D eigenvalue weighted by Crippen LogP contribution is 2.28. The number of allylic oxidation sites excluding steroid dienone is 1. The van der Waals surface area contributed by atoms with Gasteiger partial charge < -0.3 is 21.9 Å². The number of rotatable bonds is 8. The van der Waals surface area contributed by atoms with E-state index in [0.29, 0.717) is 13.0 Å². The molecule has 1 heterocycles. The van der Waals surface area contributed by atoms with E-state index in [1.54, 1.807) is 0 Å². The zero-order chi connectivity index (χ0) is 18.2. The molecule has 1 amide bonds. The normalized spacial score (nSPS) is 16.3. The lowest BCUT2D eigenvalue weighted by molar-refractivity contribution is -0.140. The highest BCUT2D eigenvalue weighted by molar-refractivity contribution is 5.97. The first-order chi connectivity index (χ1) is 12.0. The molecule has 0 saturated carbocycles. The van der Waals surface area contributed by atoms with Crippen molar-refractivity contribution >= 4 is 29.6 Å². The van der Waals surface area contributed by atoms with Crippen LogP contribution < -0.4 is 16.8 Å². The number of aliphatic carboxylic acids is 1. The third-order valence-electron chi connectivity index (χ3n) is 4.03. The number of nitrogens with two attached hydrogens (primary N) is 2. The summed E-state index contributed by atoms with van der Waals surface area (Å²) < 4.78 is 0. The Morgan fingerprint density at radius 3 is 2.88 bits per heavy atom. The van der Waals surface area contributed by atoms with Crippen LogP contribution in [0.25, 0.3) is 6.08 Å². The minimum atomic E-state index is -0.956. The fraction of sp³-hybridized carbons (Fsp3) is 0.389. The van der Waals surface area contributed by atoms with Crippen LogP contribution in [-0.2, 0) is 16.0 Å². The highest BCUT2D eigenvalue weighted by atomic mass is 16.4. The van der Waals surface area contributed by atoms with Gasteiger partial charge in [-0.05, 0) is 42.9 Å². The van der Waals surface area contributed by atoms with Crippen molar-refractivity contribution in [2.24, 2.45) is 22.4 Å². The van der Waals surface area contributed by atoms with Gasteiger partial charge in [0.15, 0.2) is 5.96 Å². The summed E-state index contributed by atoms with van der Waals surface area (Å²) in [7, 11) is 0. The van der Waals surface area contributed by atoms with Gasteiger partial charge in [0.2, 0.25) is 5.91 Å². The maximum absolute atomic E-state index is 12.0. The zero-order valence-electron chi connectivity index (χ0n) is 14.1. The molecular formula is C18H24N4O3. The Morgan fingerprint density at radius 1 is 1.36 bits per heavy atom. The van der Waals surface area contributed by atoms with Gasteiger partial charge in [0.25, 0.3) is 0 Å². The Balaban J connectivity index is 1.88. The summed E-state index contributed by atoms with van der Waals surface area (Å²) in [6, 6.07) is 5.84. The van der Waals surface area contributed by atoms with Crippen LogP contribution in [0.3, 0.4) is 0 Å². The molecule has 0 fully saturated rings. The van der Waals surface area contributed by atoms with E-state index in [2.05, 4.69) is 16.4 Å². The molecule has 0 aromatic heterocycles. The van der Waals surface area contributed by atoms with E-state index in [0.717, 1.165) is 36.1 Å². The number of carbonyl (C=O) groups excluding carboxylic acids is 1. The van der Waals surface area contributed by atoms with Crippen molar-refractivity contribution in [1.29, 1.82) is 0 Å². The molecule has 1 aromatic carbocycles. The SMILES string of the molecule is NC(N)=NCCCCC=Cc1ccc2c(c1)NC(=O)C(CC(=O)O)C2. The molecule has 0 radical (unpaired) electrons. The van der Waals surface area contributed by atoms with Gasteiger partial charge in [-0.3, -0.25) is 14.6 Å². The summed E-state index contributed by atoms with van der Waals surface area (Å²) in [6.07, 6.45) is 7.24. The summed E-state index contributed by atoms with van der Waals surface area (Å²) in [5.74, 6) is -1.56. The van der Waals surface area contributed by atoms with Crippen molar-refractivity contribution in [1.82, 2.24) is 0 Å². The molecule has 1 atom stereocenters. The molecule has 0 spiro atoms. The number of carbonyl (C=O) groups is 2. The van der Waals surface area contributed by atoms with Gasteiger partial charge in [-0.25, -0.2) is 0 Å². The molecule has 7 nitrogen and oxygen atoms in total. The number of nitrogens with one attached hydrogen (secondary N) is 1.